The second-order valence-corrected chi connectivity index (χ2v) is 11.1. The summed E-state index contributed by atoms with van der Waals surface area (Å²) in [5, 5.41) is 11.8. The zero-order valence-corrected chi connectivity index (χ0v) is 21.7. The largest absolute Gasteiger partial charge is 0.461 e. The molecule has 9 heteroatoms. The summed E-state index contributed by atoms with van der Waals surface area (Å²) in [5.74, 6) is -0.574. The molecule has 3 saturated heterocycles. The summed E-state index contributed by atoms with van der Waals surface area (Å²) in [6.07, 6.45) is 7.00. The van der Waals surface area contributed by atoms with Crippen LogP contribution in [-0.2, 0) is 0 Å². The Morgan fingerprint density at radius 1 is 1.00 bits per heavy atom. The highest BCUT2D eigenvalue weighted by Crippen LogP contribution is 2.40. The Morgan fingerprint density at radius 3 is 2.59 bits per heavy atom. The third-order valence-electron chi connectivity index (χ3n) is 8.73. The van der Waals surface area contributed by atoms with E-state index in [-0.39, 0.29) is 22.8 Å². The molecule has 202 valence electrons. The Hall–Kier alpha value is -3.43. The zero-order chi connectivity index (χ0) is 26.6. The topological polar surface area (TPSA) is 74.6 Å². The standard InChI is InChI=1S/C30H31F2N5O2/c31-23-10-2-7-19-6-1-9-21(24(19)23)26-25(32)27-22(16-33-26)28(36-13-3-8-20(38)17-36)35-29(34-27)39-18-30-11-4-14-37(30)15-5-12-30/h1-2,6-7,9-10,16,20,38H,3-5,8,11-15,17-18H2. The van der Waals surface area contributed by atoms with Gasteiger partial charge in [-0.2, -0.15) is 9.97 Å². The summed E-state index contributed by atoms with van der Waals surface area (Å²) in [4.78, 5) is 18.2. The molecular weight excluding hydrogens is 500 g/mol. The molecular formula is C30H31F2N5O2. The van der Waals surface area contributed by atoms with Gasteiger partial charge in [-0.3, -0.25) is 9.88 Å². The lowest BCUT2D eigenvalue weighted by atomic mass is 9.95. The number of aliphatic hydroxyl groups is 1. The van der Waals surface area contributed by atoms with E-state index in [0.717, 1.165) is 45.2 Å². The quantitative estimate of drug-likeness (QED) is 0.385. The van der Waals surface area contributed by atoms with Crippen molar-refractivity contribution in [3.8, 4) is 17.3 Å². The highest BCUT2D eigenvalue weighted by atomic mass is 19.1. The SMILES string of the molecule is OC1CCCN(c2nc(OCC34CCCN3CCC4)nc3c(F)c(-c4cccc5cccc(F)c45)ncc23)C1. The number of piperidine rings is 1. The second kappa shape index (κ2) is 9.64. The van der Waals surface area contributed by atoms with Crippen LogP contribution < -0.4 is 9.64 Å². The van der Waals surface area contributed by atoms with Crippen molar-refractivity contribution < 1.29 is 18.6 Å². The number of aromatic nitrogens is 3. The van der Waals surface area contributed by atoms with Gasteiger partial charge in [0.25, 0.3) is 0 Å². The van der Waals surface area contributed by atoms with Crippen LogP contribution in [0.15, 0.2) is 42.6 Å². The van der Waals surface area contributed by atoms with E-state index in [0.29, 0.717) is 53.7 Å². The first-order valence-electron chi connectivity index (χ1n) is 13.9. The van der Waals surface area contributed by atoms with Gasteiger partial charge >= 0.3 is 6.01 Å². The monoisotopic (exact) mass is 531 g/mol. The van der Waals surface area contributed by atoms with Crippen LogP contribution in [0.2, 0.25) is 0 Å². The molecule has 1 N–H and O–H groups in total. The molecule has 0 amide bonds. The number of hydrogen-bond acceptors (Lipinski definition) is 7. The van der Waals surface area contributed by atoms with E-state index in [2.05, 4.69) is 14.9 Å². The Labute approximate surface area is 225 Å². The molecule has 0 radical (unpaired) electrons. The fourth-order valence-corrected chi connectivity index (χ4v) is 6.81. The van der Waals surface area contributed by atoms with Gasteiger partial charge in [0.05, 0.1) is 17.0 Å². The lowest BCUT2D eigenvalue weighted by Crippen LogP contribution is -2.43. The first-order chi connectivity index (χ1) is 19.0. The fraction of sp³-hybridized carbons (Fsp3) is 0.433. The van der Waals surface area contributed by atoms with E-state index in [1.165, 1.54) is 6.07 Å². The highest BCUT2D eigenvalue weighted by molar-refractivity contribution is 5.99. The molecule has 4 aromatic rings. The van der Waals surface area contributed by atoms with E-state index in [1.807, 2.05) is 4.90 Å². The minimum atomic E-state index is -0.643. The van der Waals surface area contributed by atoms with Gasteiger partial charge in [-0.25, -0.2) is 8.78 Å². The van der Waals surface area contributed by atoms with Crippen LogP contribution in [0.5, 0.6) is 6.01 Å². The van der Waals surface area contributed by atoms with Gasteiger partial charge in [-0.1, -0.05) is 30.3 Å². The van der Waals surface area contributed by atoms with Gasteiger partial charge in [0, 0.05) is 30.2 Å². The number of fused-ring (bicyclic) bond motifs is 3. The lowest BCUT2D eigenvalue weighted by molar-refractivity contribution is 0.107. The average Bonchev–Trinajstić information content (AvgIpc) is 3.53. The number of rotatable bonds is 5. The highest BCUT2D eigenvalue weighted by Gasteiger charge is 2.45. The molecule has 7 nitrogen and oxygen atoms in total. The van der Waals surface area contributed by atoms with Gasteiger partial charge < -0.3 is 14.7 Å². The first-order valence-corrected chi connectivity index (χ1v) is 13.9. The minimum Gasteiger partial charge on any atom is -0.461 e. The number of halogens is 2. The molecule has 5 heterocycles. The fourth-order valence-electron chi connectivity index (χ4n) is 6.81. The summed E-state index contributed by atoms with van der Waals surface area (Å²) in [6, 6.07) is 10.2. The molecule has 3 aliphatic heterocycles. The van der Waals surface area contributed by atoms with Crippen molar-refractivity contribution in [2.45, 2.75) is 50.2 Å². The molecule has 3 fully saturated rings. The third-order valence-corrected chi connectivity index (χ3v) is 8.73. The van der Waals surface area contributed by atoms with Gasteiger partial charge in [-0.05, 0) is 63.1 Å². The number of hydrogen-bond donors (Lipinski definition) is 1. The number of ether oxygens (including phenoxy) is 1. The predicted molar refractivity (Wildman–Crippen MR) is 146 cm³/mol. The van der Waals surface area contributed by atoms with Crippen LogP contribution in [0.25, 0.3) is 32.9 Å². The van der Waals surface area contributed by atoms with Gasteiger partial charge in [0.15, 0.2) is 5.82 Å². The molecule has 39 heavy (non-hydrogen) atoms. The maximum absolute atomic E-state index is 16.4. The number of pyridine rings is 1. The Kier molecular flexibility index (Phi) is 6.08. The molecule has 0 saturated carbocycles. The molecule has 0 aliphatic carbocycles. The second-order valence-electron chi connectivity index (χ2n) is 11.1. The maximum Gasteiger partial charge on any atom is 0.319 e. The van der Waals surface area contributed by atoms with Crippen molar-refractivity contribution in [3.05, 3.63) is 54.2 Å². The molecule has 2 aromatic heterocycles. The van der Waals surface area contributed by atoms with Gasteiger partial charge in [-0.15, -0.1) is 0 Å². The van der Waals surface area contributed by atoms with Gasteiger partial charge in [0.2, 0.25) is 0 Å². The Morgan fingerprint density at radius 2 is 1.79 bits per heavy atom. The summed E-state index contributed by atoms with van der Waals surface area (Å²) in [5.41, 5.74) is 0.472. The molecule has 1 unspecified atom stereocenters. The van der Waals surface area contributed by atoms with Crippen molar-refractivity contribution in [1.29, 1.82) is 0 Å². The summed E-state index contributed by atoms with van der Waals surface area (Å²) >= 11 is 0. The zero-order valence-electron chi connectivity index (χ0n) is 21.7. The summed E-state index contributed by atoms with van der Waals surface area (Å²) in [6.45, 7) is 3.67. The van der Waals surface area contributed by atoms with Crippen molar-refractivity contribution in [2.75, 3.05) is 37.7 Å². The molecule has 2 aromatic carbocycles. The van der Waals surface area contributed by atoms with Crippen LogP contribution in [0, 0.1) is 11.6 Å². The molecule has 7 rings (SSSR count). The molecule has 0 bridgehead atoms. The molecule has 1 atom stereocenters. The number of benzene rings is 2. The van der Waals surface area contributed by atoms with E-state index in [9.17, 15) is 9.50 Å². The number of β-amino-alcohol motifs (C(OH)–C–C–N with tert-alkyl or cyclic N) is 1. The number of nitrogens with zero attached hydrogens (tertiary/aromatic N) is 5. The van der Waals surface area contributed by atoms with E-state index >= 15 is 4.39 Å². The Balaban J connectivity index is 1.35. The van der Waals surface area contributed by atoms with Crippen LogP contribution in [0.3, 0.4) is 0 Å². The molecule has 0 spiro atoms. The molecule has 3 aliphatic rings. The first kappa shape index (κ1) is 24.6. The van der Waals surface area contributed by atoms with Crippen molar-refractivity contribution in [2.24, 2.45) is 0 Å². The Bertz CT molecular complexity index is 1550. The lowest BCUT2D eigenvalue weighted by Gasteiger charge is -2.33. The van der Waals surface area contributed by atoms with Crippen LogP contribution in [0.1, 0.15) is 38.5 Å². The smallest absolute Gasteiger partial charge is 0.319 e. The van der Waals surface area contributed by atoms with Crippen LogP contribution >= 0.6 is 0 Å². The summed E-state index contributed by atoms with van der Waals surface area (Å²) in [7, 11) is 0. The van der Waals surface area contributed by atoms with Gasteiger partial charge in [0.1, 0.15) is 29.5 Å². The van der Waals surface area contributed by atoms with Crippen LogP contribution in [-0.4, -0.2) is 69.4 Å². The van der Waals surface area contributed by atoms with Crippen molar-refractivity contribution in [3.63, 3.8) is 0 Å². The van der Waals surface area contributed by atoms with Crippen LogP contribution in [0.4, 0.5) is 14.6 Å². The normalized spacial score (nSPS) is 21.1. The van der Waals surface area contributed by atoms with E-state index < -0.39 is 17.7 Å². The third kappa shape index (κ3) is 4.19. The van der Waals surface area contributed by atoms with Crippen molar-refractivity contribution >= 4 is 27.5 Å². The number of aliphatic hydroxyl groups excluding tert-OH is 1. The van der Waals surface area contributed by atoms with E-state index in [1.54, 1.807) is 36.5 Å². The maximum atomic E-state index is 16.4. The minimum absolute atomic E-state index is 0.0117. The predicted octanol–water partition coefficient (Wildman–Crippen LogP) is 5.09. The van der Waals surface area contributed by atoms with Crippen molar-refractivity contribution in [1.82, 2.24) is 19.9 Å². The van der Waals surface area contributed by atoms with E-state index in [4.69, 9.17) is 9.72 Å². The summed E-state index contributed by atoms with van der Waals surface area (Å²) < 4.78 is 37.5. The number of anilines is 1. The average molecular weight is 532 g/mol.